The molecular formula is C16H24N3O4+. The first-order chi connectivity index (χ1) is 11.0. The second-order valence-corrected chi connectivity index (χ2v) is 5.72. The number of nitrogens with zero attached hydrogens (tertiary/aromatic N) is 1. The minimum Gasteiger partial charge on any atom is -0.493 e. The molecule has 7 heteroatoms. The van der Waals surface area contributed by atoms with E-state index in [1.165, 1.54) is 4.90 Å². The zero-order valence-corrected chi connectivity index (χ0v) is 14.1. The monoisotopic (exact) mass is 322 g/mol. The summed E-state index contributed by atoms with van der Waals surface area (Å²) in [6.07, 6.45) is 0. The van der Waals surface area contributed by atoms with Crippen molar-refractivity contribution in [2.45, 2.75) is 13.5 Å². The van der Waals surface area contributed by atoms with E-state index in [-0.39, 0.29) is 18.5 Å². The lowest BCUT2D eigenvalue weighted by Crippen LogP contribution is -3.09. The summed E-state index contributed by atoms with van der Waals surface area (Å²) in [5, 5.41) is 2.64. The molecule has 1 aromatic carbocycles. The van der Waals surface area contributed by atoms with Crippen LogP contribution in [-0.4, -0.2) is 57.7 Å². The average Bonchev–Trinajstić information content (AvgIpc) is 2.94. The number of quaternary nitrogens is 1. The average molecular weight is 322 g/mol. The van der Waals surface area contributed by atoms with E-state index in [0.29, 0.717) is 31.1 Å². The maximum atomic E-state index is 12.2. The molecule has 0 aliphatic carbocycles. The van der Waals surface area contributed by atoms with Gasteiger partial charge in [-0.2, -0.15) is 0 Å². The van der Waals surface area contributed by atoms with Crippen molar-refractivity contribution in [1.29, 1.82) is 0 Å². The zero-order valence-electron chi connectivity index (χ0n) is 14.1. The fraction of sp³-hybridized carbons (Fsp3) is 0.500. The van der Waals surface area contributed by atoms with Gasteiger partial charge in [0.15, 0.2) is 18.0 Å². The molecule has 0 bridgehead atoms. The number of methoxy groups -OCH3 is 2. The Morgan fingerprint density at radius 2 is 1.96 bits per heavy atom. The number of benzene rings is 1. The van der Waals surface area contributed by atoms with Gasteiger partial charge in [0.1, 0.15) is 6.54 Å². The lowest BCUT2D eigenvalue weighted by Gasteiger charge is -2.19. The van der Waals surface area contributed by atoms with Crippen molar-refractivity contribution in [2.24, 2.45) is 0 Å². The van der Waals surface area contributed by atoms with Gasteiger partial charge in [0.25, 0.3) is 5.91 Å². The molecule has 1 aliphatic heterocycles. The molecule has 3 amide bonds. The zero-order chi connectivity index (χ0) is 17.0. The van der Waals surface area contributed by atoms with Crippen molar-refractivity contribution in [3.63, 3.8) is 0 Å². The second-order valence-electron chi connectivity index (χ2n) is 5.72. The number of nitrogens with one attached hydrogen (secondary N) is 2. The Kier molecular flexibility index (Phi) is 5.44. The Hall–Kier alpha value is -2.28. The minimum atomic E-state index is -0.301. The highest BCUT2D eigenvalue weighted by atomic mass is 16.5. The Morgan fingerprint density at radius 3 is 2.52 bits per heavy atom. The molecule has 126 valence electrons. The molecule has 1 atom stereocenters. The van der Waals surface area contributed by atoms with Gasteiger partial charge in [-0.1, -0.05) is 0 Å². The highest BCUT2D eigenvalue weighted by Gasteiger charge is 2.28. The van der Waals surface area contributed by atoms with Crippen molar-refractivity contribution < 1.29 is 24.0 Å². The van der Waals surface area contributed by atoms with Gasteiger partial charge in [-0.25, -0.2) is 4.79 Å². The molecule has 1 aromatic rings. The molecule has 2 N–H and O–H groups in total. The smallest absolute Gasteiger partial charge is 0.324 e. The molecule has 0 spiro atoms. The number of urea groups is 1. The summed E-state index contributed by atoms with van der Waals surface area (Å²) in [6.45, 7) is 3.90. The molecule has 1 saturated heterocycles. The van der Waals surface area contributed by atoms with Crippen LogP contribution in [0.5, 0.6) is 11.5 Å². The van der Waals surface area contributed by atoms with Crippen molar-refractivity contribution in [2.75, 3.05) is 40.9 Å². The maximum Gasteiger partial charge on any atom is 0.324 e. The molecule has 1 heterocycles. The molecule has 0 radical (unpaired) electrons. The number of imide groups is 1. The van der Waals surface area contributed by atoms with Gasteiger partial charge in [0.2, 0.25) is 0 Å². The van der Waals surface area contributed by atoms with Crippen LogP contribution in [0.15, 0.2) is 12.1 Å². The van der Waals surface area contributed by atoms with Gasteiger partial charge in [-0.15, -0.1) is 0 Å². The molecule has 7 nitrogen and oxygen atoms in total. The van der Waals surface area contributed by atoms with E-state index < -0.39 is 0 Å². The molecule has 1 fully saturated rings. The fourth-order valence-electron chi connectivity index (χ4n) is 2.66. The minimum absolute atomic E-state index is 0.157. The van der Waals surface area contributed by atoms with Gasteiger partial charge < -0.3 is 19.7 Å². The van der Waals surface area contributed by atoms with E-state index in [2.05, 4.69) is 5.32 Å². The van der Waals surface area contributed by atoms with Gasteiger partial charge >= 0.3 is 6.03 Å². The predicted octanol–water partition coefficient (Wildman–Crippen LogP) is -0.421. The van der Waals surface area contributed by atoms with E-state index in [1.54, 1.807) is 14.2 Å². The summed E-state index contributed by atoms with van der Waals surface area (Å²) in [5.41, 5.74) is 2.16. The predicted molar refractivity (Wildman–Crippen MR) is 84.9 cm³/mol. The Labute approximate surface area is 136 Å². The number of hydrogen-bond donors (Lipinski definition) is 2. The normalized spacial score (nSPS) is 15.3. The first kappa shape index (κ1) is 17.1. The highest BCUT2D eigenvalue weighted by molar-refractivity contribution is 5.96. The summed E-state index contributed by atoms with van der Waals surface area (Å²) in [6, 6.07) is 3.56. The number of carbonyl (C=O) groups excluding carboxylic acids is 2. The number of aryl methyl sites for hydroxylation is 1. The number of likely N-dealkylation sites (N-methyl/N-ethyl adjacent to an activating group) is 1. The fourth-order valence-corrected chi connectivity index (χ4v) is 2.66. The van der Waals surface area contributed by atoms with Crippen LogP contribution in [0.25, 0.3) is 0 Å². The van der Waals surface area contributed by atoms with E-state index in [4.69, 9.17) is 9.47 Å². The summed E-state index contributed by atoms with van der Waals surface area (Å²) in [7, 11) is 5.14. The third-order valence-corrected chi connectivity index (χ3v) is 3.95. The Morgan fingerprint density at radius 1 is 1.30 bits per heavy atom. The summed E-state index contributed by atoms with van der Waals surface area (Å²) in [4.78, 5) is 26.0. The van der Waals surface area contributed by atoms with Gasteiger partial charge in [-0.3, -0.25) is 9.69 Å². The van der Waals surface area contributed by atoms with Gasteiger partial charge in [0.05, 0.1) is 21.3 Å². The van der Waals surface area contributed by atoms with Crippen LogP contribution in [0.1, 0.15) is 11.1 Å². The SMILES string of the molecule is COc1cc(C)c(C[NH+](C)CC(=O)N2CCNC2=O)cc1OC. The first-order valence-electron chi connectivity index (χ1n) is 7.57. The number of rotatable bonds is 6. The number of amides is 3. The van der Waals surface area contributed by atoms with Crippen molar-refractivity contribution in [1.82, 2.24) is 10.2 Å². The summed E-state index contributed by atoms with van der Waals surface area (Å²) >= 11 is 0. The summed E-state index contributed by atoms with van der Waals surface area (Å²) < 4.78 is 10.6. The van der Waals surface area contributed by atoms with Crippen molar-refractivity contribution in [3.8, 4) is 11.5 Å². The van der Waals surface area contributed by atoms with Gasteiger partial charge in [0, 0.05) is 18.7 Å². The number of hydrogen-bond acceptors (Lipinski definition) is 4. The van der Waals surface area contributed by atoms with E-state index >= 15 is 0 Å². The third-order valence-electron chi connectivity index (χ3n) is 3.95. The van der Waals surface area contributed by atoms with Crippen LogP contribution in [0.4, 0.5) is 4.79 Å². The molecule has 1 aliphatic rings. The van der Waals surface area contributed by atoms with E-state index in [9.17, 15) is 9.59 Å². The standard InChI is InChI=1S/C16H23N3O4/c1-11-7-13(22-3)14(23-4)8-12(11)9-18(2)10-15(20)19-6-5-17-16(19)21/h7-8H,5-6,9-10H2,1-4H3,(H,17,21)/p+1. The molecule has 23 heavy (non-hydrogen) atoms. The third kappa shape index (κ3) is 3.92. The van der Waals surface area contributed by atoms with Gasteiger partial charge in [-0.05, 0) is 24.6 Å². The van der Waals surface area contributed by atoms with E-state index in [1.807, 2.05) is 26.1 Å². The Bertz CT molecular complexity index is 603. The van der Waals surface area contributed by atoms with Crippen LogP contribution < -0.4 is 19.7 Å². The lowest BCUT2D eigenvalue weighted by atomic mass is 10.1. The van der Waals surface area contributed by atoms with Crippen LogP contribution in [-0.2, 0) is 11.3 Å². The lowest BCUT2D eigenvalue weighted by molar-refractivity contribution is -0.885. The topological polar surface area (TPSA) is 72.3 Å². The molecule has 1 unspecified atom stereocenters. The Balaban J connectivity index is 2.03. The highest BCUT2D eigenvalue weighted by Crippen LogP contribution is 2.29. The largest absolute Gasteiger partial charge is 0.493 e. The molecule has 2 rings (SSSR count). The molecule has 0 aromatic heterocycles. The van der Waals surface area contributed by atoms with E-state index in [0.717, 1.165) is 16.0 Å². The second kappa shape index (κ2) is 7.32. The van der Waals surface area contributed by atoms with Crippen molar-refractivity contribution >= 4 is 11.9 Å². The summed E-state index contributed by atoms with van der Waals surface area (Å²) in [5.74, 6) is 1.21. The maximum absolute atomic E-state index is 12.2. The van der Waals surface area contributed by atoms with Crippen LogP contribution >= 0.6 is 0 Å². The van der Waals surface area contributed by atoms with Crippen LogP contribution in [0.2, 0.25) is 0 Å². The van der Waals surface area contributed by atoms with Crippen LogP contribution in [0.3, 0.4) is 0 Å². The van der Waals surface area contributed by atoms with Crippen molar-refractivity contribution in [3.05, 3.63) is 23.3 Å². The molecular weight excluding hydrogens is 298 g/mol. The number of carbonyl (C=O) groups is 2. The molecule has 0 saturated carbocycles. The van der Waals surface area contributed by atoms with Crippen LogP contribution in [0, 0.1) is 6.92 Å². The quantitative estimate of drug-likeness (QED) is 0.746. The first-order valence-corrected chi connectivity index (χ1v) is 7.57. The number of ether oxygens (including phenoxy) is 2.